The Bertz CT molecular complexity index is 477. The van der Waals surface area contributed by atoms with Gasteiger partial charge in [0.15, 0.2) is 5.76 Å². The number of aryl methyl sites for hydroxylation is 1. The zero-order valence-corrected chi connectivity index (χ0v) is 11.9. The van der Waals surface area contributed by atoms with Crippen LogP contribution < -0.4 is 5.32 Å². The van der Waals surface area contributed by atoms with Gasteiger partial charge in [-0.3, -0.25) is 4.79 Å². The first-order valence-electron chi connectivity index (χ1n) is 6.25. The van der Waals surface area contributed by atoms with Gasteiger partial charge in [0.25, 0.3) is 5.91 Å². The van der Waals surface area contributed by atoms with Gasteiger partial charge in [0, 0.05) is 5.92 Å². The van der Waals surface area contributed by atoms with Crippen molar-refractivity contribution in [2.24, 2.45) is 5.92 Å². The van der Waals surface area contributed by atoms with Gasteiger partial charge < -0.3 is 14.9 Å². The average Bonchev–Trinajstić information content (AvgIpc) is 2.66. The fourth-order valence-corrected chi connectivity index (χ4v) is 1.78. The van der Waals surface area contributed by atoms with Gasteiger partial charge in [-0.25, -0.2) is 4.79 Å². The van der Waals surface area contributed by atoms with E-state index in [2.05, 4.69) is 10.5 Å². The van der Waals surface area contributed by atoms with Crippen LogP contribution in [-0.4, -0.2) is 28.2 Å². The molecule has 2 N–H and O–H groups in total. The van der Waals surface area contributed by atoms with Crippen LogP contribution in [-0.2, 0) is 4.79 Å². The number of carboxylic acid groups (broad SMARTS) is 1. The number of aliphatic carboxylic acids is 1. The first kappa shape index (κ1) is 15.2. The SMILES string of the molecule is Cc1noc(C(C)C)c1C(=O)NC(C(=O)O)C(C)C. The molecule has 0 aliphatic heterocycles. The van der Waals surface area contributed by atoms with Crippen LogP contribution in [0.5, 0.6) is 0 Å². The predicted molar refractivity (Wildman–Crippen MR) is 69.1 cm³/mol. The van der Waals surface area contributed by atoms with E-state index in [1.165, 1.54) is 0 Å². The Morgan fingerprint density at radius 1 is 1.26 bits per heavy atom. The molecule has 6 nitrogen and oxygen atoms in total. The number of nitrogens with one attached hydrogen (secondary N) is 1. The highest BCUT2D eigenvalue weighted by Crippen LogP contribution is 2.22. The molecule has 0 aromatic carbocycles. The Hall–Kier alpha value is -1.85. The highest BCUT2D eigenvalue weighted by Gasteiger charge is 2.28. The van der Waals surface area contributed by atoms with E-state index >= 15 is 0 Å². The summed E-state index contributed by atoms with van der Waals surface area (Å²) in [7, 11) is 0. The van der Waals surface area contributed by atoms with Gasteiger partial charge in [-0.2, -0.15) is 0 Å². The van der Waals surface area contributed by atoms with Crippen LogP contribution in [0.15, 0.2) is 4.52 Å². The molecule has 0 aliphatic carbocycles. The van der Waals surface area contributed by atoms with Gasteiger partial charge in [-0.1, -0.05) is 32.9 Å². The molecule has 0 aliphatic rings. The summed E-state index contributed by atoms with van der Waals surface area (Å²) in [5, 5.41) is 15.4. The maximum absolute atomic E-state index is 12.2. The predicted octanol–water partition coefficient (Wildman–Crippen LogP) is 1.95. The second-order valence-electron chi connectivity index (χ2n) is 5.20. The van der Waals surface area contributed by atoms with Crippen LogP contribution in [0.2, 0.25) is 0 Å². The standard InChI is InChI=1S/C13H20N2O4/c1-6(2)10(13(17)18)14-12(16)9-8(5)15-19-11(9)7(3)4/h6-7,10H,1-5H3,(H,14,16)(H,17,18). The van der Waals surface area contributed by atoms with Gasteiger partial charge in [0.05, 0.1) is 5.69 Å². The number of rotatable bonds is 5. The molecule has 0 fully saturated rings. The van der Waals surface area contributed by atoms with Crippen molar-refractivity contribution in [3.05, 3.63) is 17.0 Å². The van der Waals surface area contributed by atoms with Gasteiger partial charge >= 0.3 is 5.97 Å². The topological polar surface area (TPSA) is 92.4 Å². The number of hydrogen-bond donors (Lipinski definition) is 2. The molecule has 1 atom stereocenters. The van der Waals surface area contributed by atoms with Crippen LogP contribution in [0.3, 0.4) is 0 Å². The van der Waals surface area contributed by atoms with Gasteiger partial charge in [-0.15, -0.1) is 0 Å². The van der Waals surface area contributed by atoms with E-state index in [1.54, 1.807) is 20.8 Å². The minimum Gasteiger partial charge on any atom is -0.480 e. The first-order chi connectivity index (χ1) is 8.75. The van der Waals surface area contributed by atoms with Crippen LogP contribution >= 0.6 is 0 Å². The Morgan fingerprint density at radius 2 is 1.84 bits per heavy atom. The third kappa shape index (κ3) is 3.33. The van der Waals surface area contributed by atoms with Crippen molar-refractivity contribution in [3.63, 3.8) is 0 Å². The average molecular weight is 268 g/mol. The zero-order valence-electron chi connectivity index (χ0n) is 11.9. The summed E-state index contributed by atoms with van der Waals surface area (Å²) in [6.07, 6.45) is 0. The largest absolute Gasteiger partial charge is 0.480 e. The summed E-state index contributed by atoms with van der Waals surface area (Å²) in [6.45, 7) is 8.91. The zero-order chi connectivity index (χ0) is 14.7. The van der Waals surface area contributed by atoms with Crippen molar-refractivity contribution in [1.29, 1.82) is 0 Å². The molecule has 0 saturated carbocycles. The lowest BCUT2D eigenvalue weighted by Crippen LogP contribution is -2.44. The van der Waals surface area contributed by atoms with Crippen LogP contribution in [0.1, 0.15) is 55.4 Å². The molecule has 1 aromatic rings. The summed E-state index contributed by atoms with van der Waals surface area (Å²) in [4.78, 5) is 23.3. The van der Waals surface area contributed by atoms with E-state index in [4.69, 9.17) is 9.63 Å². The van der Waals surface area contributed by atoms with E-state index in [0.717, 1.165) is 0 Å². The van der Waals surface area contributed by atoms with Gasteiger partial charge in [0.2, 0.25) is 0 Å². The number of carbonyl (C=O) groups is 2. The fraction of sp³-hybridized carbons (Fsp3) is 0.615. The molecule has 1 rings (SSSR count). The molecule has 1 aromatic heterocycles. The first-order valence-corrected chi connectivity index (χ1v) is 6.25. The van der Waals surface area contributed by atoms with Crippen molar-refractivity contribution in [2.45, 2.75) is 46.6 Å². The van der Waals surface area contributed by atoms with Crippen molar-refractivity contribution < 1.29 is 19.2 Å². The van der Waals surface area contributed by atoms with Crippen molar-refractivity contribution >= 4 is 11.9 Å². The summed E-state index contributed by atoms with van der Waals surface area (Å²) in [5.74, 6) is -1.23. The lowest BCUT2D eigenvalue weighted by atomic mass is 10.0. The van der Waals surface area contributed by atoms with Crippen LogP contribution in [0.25, 0.3) is 0 Å². The number of carbonyl (C=O) groups excluding carboxylic acids is 1. The Labute approximate surface area is 112 Å². The number of amides is 1. The van der Waals surface area contributed by atoms with Crippen molar-refractivity contribution in [2.75, 3.05) is 0 Å². The summed E-state index contributed by atoms with van der Waals surface area (Å²) >= 11 is 0. The minimum absolute atomic E-state index is 0.00396. The van der Waals surface area contributed by atoms with Crippen molar-refractivity contribution in [1.82, 2.24) is 10.5 Å². The monoisotopic (exact) mass is 268 g/mol. The Kier molecular flexibility index (Phi) is 4.69. The normalized spacial score (nSPS) is 12.8. The van der Waals surface area contributed by atoms with Gasteiger partial charge in [0.1, 0.15) is 11.6 Å². The molecule has 1 heterocycles. The molecule has 1 unspecified atom stereocenters. The number of hydrogen-bond acceptors (Lipinski definition) is 4. The molecule has 0 bridgehead atoms. The van der Waals surface area contributed by atoms with E-state index in [9.17, 15) is 9.59 Å². The molecule has 6 heteroatoms. The van der Waals surface area contributed by atoms with E-state index in [-0.39, 0.29) is 11.8 Å². The molecule has 0 radical (unpaired) electrons. The smallest absolute Gasteiger partial charge is 0.326 e. The molecular weight excluding hydrogens is 248 g/mol. The molecule has 1 amide bonds. The maximum atomic E-state index is 12.2. The third-order valence-electron chi connectivity index (χ3n) is 2.86. The Balaban J connectivity index is 3.01. The second-order valence-corrected chi connectivity index (χ2v) is 5.20. The minimum atomic E-state index is -1.05. The lowest BCUT2D eigenvalue weighted by molar-refractivity contribution is -0.140. The number of nitrogens with zero attached hydrogens (tertiary/aromatic N) is 1. The molecule has 0 spiro atoms. The molecule has 19 heavy (non-hydrogen) atoms. The Morgan fingerprint density at radius 3 is 2.26 bits per heavy atom. The third-order valence-corrected chi connectivity index (χ3v) is 2.86. The van der Waals surface area contributed by atoms with Crippen molar-refractivity contribution in [3.8, 4) is 0 Å². The maximum Gasteiger partial charge on any atom is 0.326 e. The summed E-state index contributed by atoms with van der Waals surface area (Å²) in [6, 6.07) is -0.929. The van der Waals surface area contributed by atoms with E-state index in [1.807, 2.05) is 13.8 Å². The number of carboxylic acids is 1. The molecular formula is C13H20N2O4. The van der Waals surface area contributed by atoms with E-state index in [0.29, 0.717) is 17.0 Å². The highest BCUT2D eigenvalue weighted by molar-refractivity contribution is 5.98. The second kappa shape index (κ2) is 5.86. The molecule has 0 saturated heterocycles. The van der Waals surface area contributed by atoms with Crippen LogP contribution in [0, 0.1) is 12.8 Å². The fourth-order valence-electron chi connectivity index (χ4n) is 1.78. The summed E-state index contributed by atoms with van der Waals surface area (Å²) in [5.41, 5.74) is 0.802. The highest BCUT2D eigenvalue weighted by atomic mass is 16.5. The lowest BCUT2D eigenvalue weighted by Gasteiger charge is -2.18. The van der Waals surface area contributed by atoms with Crippen LogP contribution in [0.4, 0.5) is 0 Å². The summed E-state index contributed by atoms with van der Waals surface area (Å²) < 4.78 is 5.12. The number of aromatic nitrogens is 1. The molecule has 106 valence electrons. The van der Waals surface area contributed by atoms with E-state index < -0.39 is 17.9 Å². The quantitative estimate of drug-likeness (QED) is 0.851. The van der Waals surface area contributed by atoms with Gasteiger partial charge in [-0.05, 0) is 12.8 Å².